The molecule has 3 rings (SSSR count). The molecule has 1 saturated heterocycles. The fourth-order valence-corrected chi connectivity index (χ4v) is 3.00. The minimum Gasteiger partial charge on any atom is -0.508 e. The summed E-state index contributed by atoms with van der Waals surface area (Å²) >= 11 is 0. The van der Waals surface area contributed by atoms with Gasteiger partial charge in [-0.2, -0.15) is 0 Å². The first-order chi connectivity index (χ1) is 12.1. The van der Waals surface area contributed by atoms with E-state index in [9.17, 15) is 9.90 Å². The van der Waals surface area contributed by atoms with Gasteiger partial charge >= 0.3 is 0 Å². The lowest BCUT2D eigenvalue weighted by Crippen LogP contribution is -2.47. The Hall–Kier alpha value is -2.53. The van der Waals surface area contributed by atoms with Gasteiger partial charge in [0, 0.05) is 38.4 Å². The third kappa shape index (κ3) is 4.97. The van der Waals surface area contributed by atoms with Crippen molar-refractivity contribution in [2.75, 3.05) is 38.5 Å². The number of anilines is 1. The van der Waals surface area contributed by atoms with Crippen LogP contribution in [0.15, 0.2) is 48.5 Å². The Balaban J connectivity index is 1.56. The van der Waals surface area contributed by atoms with E-state index in [2.05, 4.69) is 17.3 Å². The van der Waals surface area contributed by atoms with E-state index in [1.54, 1.807) is 12.1 Å². The quantitative estimate of drug-likeness (QED) is 0.878. The van der Waals surface area contributed by atoms with E-state index in [0.29, 0.717) is 13.0 Å². The molecule has 25 heavy (non-hydrogen) atoms. The van der Waals surface area contributed by atoms with Gasteiger partial charge in [-0.1, -0.05) is 24.3 Å². The van der Waals surface area contributed by atoms with Crippen molar-refractivity contribution in [3.05, 3.63) is 59.7 Å². The van der Waals surface area contributed by atoms with Crippen LogP contribution in [0.2, 0.25) is 0 Å². The molecular weight excluding hydrogens is 314 g/mol. The molecule has 1 amide bonds. The van der Waals surface area contributed by atoms with Crippen LogP contribution in [0.25, 0.3) is 0 Å². The van der Waals surface area contributed by atoms with Crippen molar-refractivity contribution in [1.82, 2.24) is 9.80 Å². The second kappa shape index (κ2) is 8.03. The predicted molar refractivity (Wildman–Crippen MR) is 99.7 cm³/mol. The summed E-state index contributed by atoms with van der Waals surface area (Å²) in [4.78, 5) is 16.7. The monoisotopic (exact) mass is 339 g/mol. The minimum atomic E-state index is 0.193. The van der Waals surface area contributed by atoms with Crippen LogP contribution < -0.4 is 5.32 Å². The normalized spacial score (nSPS) is 15.2. The Morgan fingerprint density at radius 1 is 1.04 bits per heavy atom. The minimum absolute atomic E-state index is 0.193. The molecule has 1 fully saturated rings. The van der Waals surface area contributed by atoms with E-state index >= 15 is 0 Å². The fraction of sp³-hybridized carbons (Fsp3) is 0.350. The molecule has 1 aliphatic rings. The number of rotatable bonds is 5. The van der Waals surface area contributed by atoms with Crippen LogP contribution in [0, 0.1) is 0 Å². The Bertz CT molecular complexity index is 724. The van der Waals surface area contributed by atoms with Gasteiger partial charge in [0.2, 0.25) is 5.91 Å². The molecule has 1 aliphatic heterocycles. The molecule has 2 aromatic rings. The second-order valence-electron chi connectivity index (χ2n) is 6.58. The highest BCUT2D eigenvalue weighted by molar-refractivity contribution is 5.79. The van der Waals surface area contributed by atoms with E-state index in [0.717, 1.165) is 43.0 Å². The molecule has 5 heteroatoms. The largest absolute Gasteiger partial charge is 0.508 e. The van der Waals surface area contributed by atoms with E-state index in [1.807, 2.05) is 41.3 Å². The SMILES string of the molecule is CN1CCN(C(=O)Cc2cccc(NCc3cccc(O)c3)c2)CC1. The summed E-state index contributed by atoms with van der Waals surface area (Å²) in [6.07, 6.45) is 0.436. The molecule has 2 aromatic carbocycles. The highest BCUT2D eigenvalue weighted by atomic mass is 16.3. The first-order valence-electron chi connectivity index (χ1n) is 8.67. The molecule has 0 spiro atoms. The van der Waals surface area contributed by atoms with Gasteiger partial charge in [0.25, 0.3) is 0 Å². The van der Waals surface area contributed by atoms with Crippen molar-refractivity contribution in [1.29, 1.82) is 0 Å². The molecule has 0 bridgehead atoms. The number of nitrogens with one attached hydrogen (secondary N) is 1. The Kier molecular flexibility index (Phi) is 5.56. The van der Waals surface area contributed by atoms with Crippen molar-refractivity contribution >= 4 is 11.6 Å². The summed E-state index contributed by atoms with van der Waals surface area (Å²) < 4.78 is 0. The molecule has 0 unspecified atom stereocenters. The van der Waals surface area contributed by atoms with Crippen LogP contribution in [0.5, 0.6) is 5.75 Å². The number of benzene rings is 2. The summed E-state index contributed by atoms with van der Waals surface area (Å²) in [5.41, 5.74) is 3.01. The van der Waals surface area contributed by atoms with Crippen LogP contribution in [0.1, 0.15) is 11.1 Å². The van der Waals surface area contributed by atoms with Crippen LogP contribution in [-0.2, 0) is 17.8 Å². The lowest BCUT2D eigenvalue weighted by Gasteiger charge is -2.32. The second-order valence-corrected chi connectivity index (χ2v) is 6.58. The maximum absolute atomic E-state index is 12.5. The molecule has 132 valence electrons. The molecule has 2 N–H and O–H groups in total. The number of nitrogens with zero attached hydrogens (tertiary/aromatic N) is 2. The number of likely N-dealkylation sites (N-methyl/N-ethyl adjacent to an activating group) is 1. The van der Waals surface area contributed by atoms with Crippen LogP contribution in [-0.4, -0.2) is 54.0 Å². The summed E-state index contributed by atoms with van der Waals surface area (Å²) in [5, 5.41) is 12.9. The average Bonchev–Trinajstić information content (AvgIpc) is 2.61. The zero-order valence-electron chi connectivity index (χ0n) is 14.6. The molecule has 0 aromatic heterocycles. The zero-order chi connectivity index (χ0) is 17.6. The van der Waals surface area contributed by atoms with E-state index < -0.39 is 0 Å². The van der Waals surface area contributed by atoms with E-state index in [-0.39, 0.29) is 11.7 Å². The number of carbonyl (C=O) groups excluding carboxylic acids is 1. The number of phenols is 1. The third-order valence-corrected chi connectivity index (χ3v) is 4.55. The lowest BCUT2D eigenvalue weighted by molar-refractivity contribution is -0.132. The summed E-state index contributed by atoms with van der Waals surface area (Å²) in [6, 6.07) is 15.2. The number of carbonyl (C=O) groups is 1. The number of hydrogen-bond acceptors (Lipinski definition) is 4. The molecule has 0 radical (unpaired) electrons. The van der Waals surface area contributed by atoms with Gasteiger partial charge < -0.3 is 20.2 Å². The predicted octanol–water partition coefficient (Wildman–Crippen LogP) is 2.32. The smallest absolute Gasteiger partial charge is 0.227 e. The van der Waals surface area contributed by atoms with Gasteiger partial charge in [0.15, 0.2) is 0 Å². The average molecular weight is 339 g/mol. The Labute approximate surface area is 148 Å². The number of aromatic hydroxyl groups is 1. The Morgan fingerprint density at radius 3 is 2.52 bits per heavy atom. The van der Waals surface area contributed by atoms with Gasteiger partial charge in [-0.25, -0.2) is 0 Å². The van der Waals surface area contributed by atoms with Gasteiger partial charge in [-0.3, -0.25) is 4.79 Å². The molecule has 0 atom stereocenters. The molecular formula is C20H25N3O2. The Morgan fingerprint density at radius 2 is 1.76 bits per heavy atom. The van der Waals surface area contributed by atoms with Crippen LogP contribution >= 0.6 is 0 Å². The van der Waals surface area contributed by atoms with Crippen molar-refractivity contribution in [2.24, 2.45) is 0 Å². The van der Waals surface area contributed by atoms with Gasteiger partial charge in [-0.05, 0) is 42.4 Å². The molecule has 1 heterocycles. The standard InChI is InChI=1S/C20H25N3O2/c1-22-8-10-23(11-9-22)20(25)14-16-4-2-6-18(12-16)21-15-17-5-3-7-19(24)13-17/h2-7,12-13,21,24H,8-11,14-15H2,1H3. The van der Waals surface area contributed by atoms with Gasteiger partial charge in [0.1, 0.15) is 5.75 Å². The number of phenolic OH excluding ortho intramolecular Hbond substituents is 1. The third-order valence-electron chi connectivity index (χ3n) is 4.55. The number of amides is 1. The first kappa shape index (κ1) is 17.3. The van der Waals surface area contributed by atoms with Gasteiger partial charge in [-0.15, -0.1) is 0 Å². The van der Waals surface area contributed by atoms with E-state index in [4.69, 9.17) is 0 Å². The summed E-state index contributed by atoms with van der Waals surface area (Å²) in [7, 11) is 2.09. The fourth-order valence-electron chi connectivity index (χ4n) is 3.00. The van der Waals surface area contributed by atoms with E-state index in [1.165, 1.54) is 0 Å². The summed E-state index contributed by atoms with van der Waals surface area (Å²) in [5.74, 6) is 0.462. The molecule has 0 saturated carbocycles. The van der Waals surface area contributed by atoms with Crippen molar-refractivity contribution in [3.63, 3.8) is 0 Å². The highest BCUT2D eigenvalue weighted by Crippen LogP contribution is 2.16. The summed E-state index contributed by atoms with van der Waals surface area (Å²) in [6.45, 7) is 4.13. The lowest BCUT2D eigenvalue weighted by atomic mass is 10.1. The molecule has 0 aliphatic carbocycles. The van der Waals surface area contributed by atoms with Crippen LogP contribution in [0.4, 0.5) is 5.69 Å². The number of piperazine rings is 1. The van der Waals surface area contributed by atoms with Crippen molar-refractivity contribution in [3.8, 4) is 5.75 Å². The van der Waals surface area contributed by atoms with Crippen molar-refractivity contribution in [2.45, 2.75) is 13.0 Å². The highest BCUT2D eigenvalue weighted by Gasteiger charge is 2.19. The van der Waals surface area contributed by atoms with Gasteiger partial charge in [0.05, 0.1) is 6.42 Å². The maximum atomic E-state index is 12.5. The number of hydrogen-bond donors (Lipinski definition) is 2. The first-order valence-corrected chi connectivity index (χ1v) is 8.67. The zero-order valence-corrected chi connectivity index (χ0v) is 14.6. The van der Waals surface area contributed by atoms with Crippen LogP contribution in [0.3, 0.4) is 0 Å². The topological polar surface area (TPSA) is 55.8 Å². The maximum Gasteiger partial charge on any atom is 0.227 e. The molecule has 5 nitrogen and oxygen atoms in total. The van der Waals surface area contributed by atoms with Crippen molar-refractivity contribution < 1.29 is 9.90 Å².